The number of amides is 1. The zero-order chi connectivity index (χ0) is 11.1. The van der Waals surface area contributed by atoms with Crippen molar-refractivity contribution in [2.24, 2.45) is 0 Å². The van der Waals surface area contributed by atoms with E-state index in [0.717, 1.165) is 4.90 Å². The quantitative estimate of drug-likeness (QED) is 0.610. The van der Waals surface area contributed by atoms with E-state index in [1.165, 1.54) is 0 Å². The fourth-order valence-electron chi connectivity index (χ4n) is 0.923. The van der Waals surface area contributed by atoms with Crippen molar-refractivity contribution in [1.29, 1.82) is 0 Å². The molecular formula is C8H9F4NO. The van der Waals surface area contributed by atoms with Crippen LogP contribution in [0.5, 0.6) is 0 Å². The Morgan fingerprint density at radius 1 is 1.36 bits per heavy atom. The van der Waals surface area contributed by atoms with Crippen LogP contribution in [0.3, 0.4) is 0 Å². The van der Waals surface area contributed by atoms with Crippen LogP contribution in [0, 0.1) is 0 Å². The Morgan fingerprint density at radius 2 is 1.86 bits per heavy atom. The molecule has 2 nitrogen and oxygen atoms in total. The van der Waals surface area contributed by atoms with Crippen LogP contribution in [0.4, 0.5) is 17.6 Å². The number of hydrogen-bond acceptors (Lipinski definition) is 1. The molecule has 1 saturated heterocycles. The van der Waals surface area contributed by atoms with Gasteiger partial charge in [0.05, 0.1) is 6.20 Å². The molecule has 1 aliphatic heterocycles. The minimum Gasteiger partial charge on any atom is -0.314 e. The van der Waals surface area contributed by atoms with Gasteiger partial charge in [0.2, 0.25) is 5.91 Å². The molecule has 0 saturated carbocycles. The van der Waals surface area contributed by atoms with Gasteiger partial charge >= 0.3 is 0 Å². The Balaban J connectivity index is 0.000000364. The highest BCUT2D eigenvalue weighted by Crippen LogP contribution is 2.12. The van der Waals surface area contributed by atoms with E-state index in [9.17, 15) is 22.4 Å². The third-order valence-electron chi connectivity index (χ3n) is 1.36. The molecule has 0 aromatic heterocycles. The maximum absolute atomic E-state index is 11.5. The summed E-state index contributed by atoms with van der Waals surface area (Å²) < 4.78 is 43.3. The molecule has 1 amide bonds. The summed E-state index contributed by atoms with van der Waals surface area (Å²) >= 11 is 0. The van der Waals surface area contributed by atoms with E-state index in [0.29, 0.717) is 25.6 Å². The molecule has 0 bridgehead atoms. The number of halogens is 4. The maximum Gasteiger partial charge on any atom is 0.286 e. The molecule has 0 aromatic carbocycles. The van der Waals surface area contributed by atoms with E-state index in [2.05, 4.69) is 6.58 Å². The molecule has 0 unspecified atom stereocenters. The van der Waals surface area contributed by atoms with E-state index in [1.807, 2.05) is 0 Å². The molecule has 1 fully saturated rings. The lowest BCUT2D eigenvalue weighted by Gasteiger charge is -2.06. The third-order valence-corrected chi connectivity index (χ3v) is 1.36. The highest BCUT2D eigenvalue weighted by Gasteiger charge is 2.18. The first-order chi connectivity index (χ1) is 6.43. The van der Waals surface area contributed by atoms with Crippen molar-refractivity contribution in [3.8, 4) is 0 Å². The Hall–Kier alpha value is -1.33. The topological polar surface area (TPSA) is 20.3 Å². The van der Waals surface area contributed by atoms with Crippen LogP contribution >= 0.6 is 0 Å². The van der Waals surface area contributed by atoms with Crippen molar-refractivity contribution in [3.05, 3.63) is 24.9 Å². The summed E-state index contributed by atoms with van der Waals surface area (Å²) in [4.78, 5) is 11.7. The van der Waals surface area contributed by atoms with Crippen molar-refractivity contribution in [2.45, 2.75) is 12.8 Å². The lowest BCUT2D eigenvalue weighted by molar-refractivity contribution is -0.125. The van der Waals surface area contributed by atoms with E-state index in [-0.39, 0.29) is 5.91 Å². The van der Waals surface area contributed by atoms with Gasteiger partial charge in [-0.2, -0.15) is 17.6 Å². The van der Waals surface area contributed by atoms with E-state index in [1.54, 1.807) is 0 Å². The van der Waals surface area contributed by atoms with Crippen molar-refractivity contribution >= 4 is 5.91 Å². The highest BCUT2D eigenvalue weighted by molar-refractivity contribution is 5.79. The van der Waals surface area contributed by atoms with Crippen molar-refractivity contribution < 1.29 is 22.4 Å². The standard InChI is InChI=1S/C6H7F2NO.C2H2F2/c7-5(8)4-9-3-1-2-6(9)10;1-2(3)4/h4H,1-3H2;1H2. The zero-order valence-electron chi connectivity index (χ0n) is 7.27. The fourth-order valence-corrected chi connectivity index (χ4v) is 0.923. The zero-order valence-corrected chi connectivity index (χ0v) is 7.27. The summed E-state index contributed by atoms with van der Waals surface area (Å²) in [5, 5.41) is 0. The van der Waals surface area contributed by atoms with Gasteiger partial charge in [-0.05, 0) is 13.0 Å². The van der Waals surface area contributed by atoms with Gasteiger partial charge in [0.25, 0.3) is 12.2 Å². The molecule has 0 N–H and O–H groups in total. The smallest absolute Gasteiger partial charge is 0.286 e. The summed E-state index contributed by atoms with van der Waals surface area (Å²) in [5.74, 6) is -0.215. The van der Waals surface area contributed by atoms with Gasteiger partial charge in [0, 0.05) is 13.0 Å². The lowest BCUT2D eigenvalue weighted by Crippen LogP contribution is -2.17. The van der Waals surface area contributed by atoms with Crippen molar-refractivity contribution in [2.75, 3.05) is 6.54 Å². The van der Waals surface area contributed by atoms with Crippen LogP contribution in [0.25, 0.3) is 0 Å². The highest BCUT2D eigenvalue weighted by atomic mass is 19.3. The Kier molecular flexibility index (Phi) is 5.59. The predicted octanol–water partition coefficient (Wildman–Crippen LogP) is 2.74. The van der Waals surface area contributed by atoms with Crippen LogP contribution in [0.2, 0.25) is 0 Å². The number of nitrogens with zero attached hydrogens (tertiary/aromatic N) is 1. The molecule has 1 rings (SSSR count). The SMILES string of the molecule is C=C(F)F.O=C1CCCN1C=C(F)F. The van der Waals surface area contributed by atoms with Crippen molar-refractivity contribution in [1.82, 2.24) is 4.90 Å². The summed E-state index contributed by atoms with van der Waals surface area (Å²) in [6.45, 7) is 2.65. The number of carbonyl (C=O) groups is 1. The number of carbonyl (C=O) groups excluding carboxylic acids is 1. The monoisotopic (exact) mass is 211 g/mol. The molecule has 0 atom stereocenters. The number of hydrogen-bond donors (Lipinski definition) is 0. The largest absolute Gasteiger partial charge is 0.314 e. The minimum atomic E-state index is -1.83. The molecule has 6 heteroatoms. The summed E-state index contributed by atoms with van der Waals surface area (Å²) in [6, 6.07) is 0. The average Bonchev–Trinajstić information content (AvgIpc) is 2.34. The number of likely N-dealkylation sites (tertiary alicyclic amines) is 1. The van der Waals surface area contributed by atoms with Crippen molar-refractivity contribution in [3.63, 3.8) is 0 Å². The first kappa shape index (κ1) is 12.7. The Bertz CT molecular complexity index is 244. The lowest BCUT2D eigenvalue weighted by atomic mass is 10.4. The molecule has 0 aliphatic carbocycles. The van der Waals surface area contributed by atoms with Gasteiger partial charge in [0.15, 0.2) is 0 Å². The first-order valence-corrected chi connectivity index (χ1v) is 3.75. The molecular weight excluding hydrogens is 202 g/mol. The minimum absolute atomic E-state index is 0.215. The van der Waals surface area contributed by atoms with Gasteiger partial charge in [-0.3, -0.25) is 4.79 Å². The summed E-state index contributed by atoms with van der Waals surface area (Å²) in [7, 11) is 0. The molecule has 1 heterocycles. The third kappa shape index (κ3) is 6.22. The van der Waals surface area contributed by atoms with Gasteiger partial charge in [-0.1, -0.05) is 0 Å². The maximum atomic E-state index is 11.5. The molecule has 0 aromatic rings. The molecule has 0 radical (unpaired) electrons. The second kappa shape index (κ2) is 6.17. The second-order valence-electron chi connectivity index (χ2n) is 2.45. The van der Waals surface area contributed by atoms with E-state index < -0.39 is 12.2 Å². The van der Waals surface area contributed by atoms with E-state index >= 15 is 0 Å². The normalized spacial score (nSPS) is 14.6. The summed E-state index contributed by atoms with van der Waals surface area (Å²) in [6.07, 6.45) is -1.97. The molecule has 14 heavy (non-hydrogen) atoms. The number of rotatable bonds is 1. The Morgan fingerprint density at radius 3 is 2.14 bits per heavy atom. The van der Waals surface area contributed by atoms with Crippen LogP contribution < -0.4 is 0 Å². The summed E-state index contributed by atoms with van der Waals surface area (Å²) in [5.41, 5.74) is 0. The van der Waals surface area contributed by atoms with E-state index in [4.69, 9.17) is 0 Å². The molecule has 80 valence electrons. The second-order valence-corrected chi connectivity index (χ2v) is 2.45. The predicted molar refractivity (Wildman–Crippen MR) is 42.6 cm³/mol. The Labute approximate surface area is 78.5 Å². The molecule has 0 spiro atoms. The average molecular weight is 211 g/mol. The van der Waals surface area contributed by atoms with Gasteiger partial charge in [0.1, 0.15) is 0 Å². The fraction of sp³-hybridized carbons (Fsp3) is 0.375. The molecule has 1 aliphatic rings. The van der Waals surface area contributed by atoms with Gasteiger partial charge in [-0.15, -0.1) is 0 Å². The first-order valence-electron chi connectivity index (χ1n) is 3.75. The van der Waals surface area contributed by atoms with Gasteiger partial charge < -0.3 is 4.90 Å². The van der Waals surface area contributed by atoms with Crippen LogP contribution in [-0.4, -0.2) is 17.4 Å². The van der Waals surface area contributed by atoms with Gasteiger partial charge in [-0.25, -0.2) is 0 Å². The van der Waals surface area contributed by atoms with Crippen LogP contribution in [0.15, 0.2) is 24.9 Å². The van der Waals surface area contributed by atoms with Crippen LogP contribution in [-0.2, 0) is 4.79 Å². The van der Waals surface area contributed by atoms with Crippen LogP contribution in [0.1, 0.15) is 12.8 Å².